The Balaban J connectivity index is 1.77. The maximum atomic E-state index is 14.3. The lowest BCUT2D eigenvalue weighted by Gasteiger charge is -2.33. The summed E-state index contributed by atoms with van der Waals surface area (Å²) < 4.78 is 34.8. The van der Waals surface area contributed by atoms with E-state index in [2.05, 4.69) is 5.32 Å². The quantitative estimate of drug-likeness (QED) is 0.206. The number of sulfonamides is 1. The van der Waals surface area contributed by atoms with Crippen LogP contribution in [0.4, 0.5) is 5.69 Å². The number of hydrogen-bond donors (Lipinski definition) is 1. The Hall–Kier alpha value is -4.34. The van der Waals surface area contributed by atoms with E-state index in [4.69, 9.17) is 16.3 Å². The van der Waals surface area contributed by atoms with Gasteiger partial charge in [0.2, 0.25) is 11.8 Å². The average molecular weight is 634 g/mol. The van der Waals surface area contributed by atoms with Crippen molar-refractivity contribution in [2.45, 2.75) is 37.8 Å². The van der Waals surface area contributed by atoms with E-state index in [1.54, 1.807) is 54.6 Å². The number of nitrogens with zero attached hydrogens (tertiary/aromatic N) is 2. The van der Waals surface area contributed by atoms with Crippen molar-refractivity contribution in [3.63, 3.8) is 0 Å². The van der Waals surface area contributed by atoms with Crippen LogP contribution in [0.3, 0.4) is 0 Å². The Morgan fingerprint density at radius 1 is 0.886 bits per heavy atom. The lowest BCUT2D eigenvalue weighted by atomic mass is 10.0. The first-order valence-electron chi connectivity index (χ1n) is 14.2. The van der Waals surface area contributed by atoms with Crippen molar-refractivity contribution in [2.75, 3.05) is 24.5 Å². The van der Waals surface area contributed by atoms with E-state index in [0.717, 1.165) is 15.4 Å². The second-order valence-corrected chi connectivity index (χ2v) is 12.5. The van der Waals surface area contributed by atoms with Crippen molar-refractivity contribution < 1.29 is 22.7 Å². The molecule has 0 radical (unpaired) electrons. The van der Waals surface area contributed by atoms with E-state index < -0.39 is 28.5 Å². The minimum absolute atomic E-state index is 0.00264. The molecule has 0 fully saturated rings. The van der Waals surface area contributed by atoms with E-state index in [0.29, 0.717) is 28.6 Å². The van der Waals surface area contributed by atoms with Gasteiger partial charge < -0.3 is 15.0 Å². The lowest BCUT2D eigenvalue weighted by molar-refractivity contribution is -0.139. The first-order valence-corrected chi connectivity index (χ1v) is 16.1. The summed E-state index contributed by atoms with van der Waals surface area (Å²) >= 11 is 6.26. The van der Waals surface area contributed by atoms with Gasteiger partial charge in [0.15, 0.2) is 0 Å². The Morgan fingerprint density at radius 2 is 1.55 bits per heavy atom. The van der Waals surface area contributed by atoms with Crippen LogP contribution in [-0.2, 0) is 32.6 Å². The maximum absolute atomic E-state index is 14.3. The molecule has 0 aliphatic heterocycles. The third-order valence-electron chi connectivity index (χ3n) is 7.08. The smallest absolute Gasteiger partial charge is 0.264 e. The van der Waals surface area contributed by atoms with Crippen LogP contribution < -0.4 is 14.4 Å². The molecule has 4 rings (SSSR count). The number of ether oxygens (including phenoxy) is 1. The van der Waals surface area contributed by atoms with Gasteiger partial charge in [0, 0.05) is 25.0 Å². The summed E-state index contributed by atoms with van der Waals surface area (Å²) in [6.45, 7) is 3.67. The van der Waals surface area contributed by atoms with Gasteiger partial charge in [-0.05, 0) is 73.5 Å². The van der Waals surface area contributed by atoms with Crippen molar-refractivity contribution in [3.8, 4) is 5.75 Å². The molecule has 0 unspecified atom stereocenters. The normalized spacial score (nSPS) is 11.8. The van der Waals surface area contributed by atoms with Gasteiger partial charge in [0.1, 0.15) is 18.3 Å². The van der Waals surface area contributed by atoms with Gasteiger partial charge in [-0.1, -0.05) is 71.8 Å². The highest BCUT2D eigenvalue weighted by molar-refractivity contribution is 7.92. The van der Waals surface area contributed by atoms with Crippen LogP contribution in [0, 0.1) is 6.92 Å². The van der Waals surface area contributed by atoms with Crippen molar-refractivity contribution in [3.05, 3.63) is 125 Å². The van der Waals surface area contributed by atoms with Crippen molar-refractivity contribution in [2.24, 2.45) is 0 Å². The highest BCUT2D eigenvalue weighted by atomic mass is 35.5. The number of rotatable bonds is 13. The molecule has 0 saturated carbocycles. The zero-order valence-electron chi connectivity index (χ0n) is 24.9. The number of halogens is 1. The molecule has 44 heavy (non-hydrogen) atoms. The van der Waals surface area contributed by atoms with Crippen LogP contribution in [0.2, 0.25) is 5.02 Å². The number of aryl methyl sites for hydroxylation is 1. The minimum Gasteiger partial charge on any atom is -0.494 e. The number of carbonyl (C=O) groups is 2. The molecule has 0 bridgehead atoms. The standard InChI is InChI=1S/C34H36ClN3O5S/c1-4-43-30-17-19-31(20-18-30)44(41,42)38(29-15-13-25(2)14-16-29)24-33(39)37(23-27-11-8-12-28(35)21-27)32(34(40)36-3)22-26-9-6-5-7-10-26/h5-21,32H,4,22-24H2,1-3H3,(H,36,40)/t32-/m1/s1. The molecule has 2 amide bonds. The number of hydrogen-bond acceptors (Lipinski definition) is 5. The predicted octanol–water partition coefficient (Wildman–Crippen LogP) is 5.63. The molecule has 1 atom stereocenters. The third-order valence-corrected chi connectivity index (χ3v) is 9.11. The molecule has 0 spiro atoms. The molecular weight excluding hydrogens is 598 g/mol. The van der Waals surface area contributed by atoms with Gasteiger partial charge in [-0.2, -0.15) is 0 Å². The first-order chi connectivity index (χ1) is 21.1. The Morgan fingerprint density at radius 3 is 2.16 bits per heavy atom. The van der Waals surface area contributed by atoms with Gasteiger partial charge in [-0.15, -0.1) is 0 Å². The Bertz CT molecular complexity index is 1660. The number of anilines is 1. The maximum Gasteiger partial charge on any atom is 0.264 e. The molecular formula is C34H36ClN3O5S. The lowest BCUT2D eigenvalue weighted by Crippen LogP contribution is -2.53. The van der Waals surface area contributed by atoms with E-state index in [-0.39, 0.29) is 23.8 Å². The molecule has 0 aromatic heterocycles. The summed E-state index contributed by atoms with van der Waals surface area (Å²) in [6, 6.07) is 28.4. The molecule has 4 aromatic carbocycles. The number of nitrogens with one attached hydrogen (secondary N) is 1. The van der Waals surface area contributed by atoms with Crippen LogP contribution >= 0.6 is 11.6 Å². The average Bonchev–Trinajstić information content (AvgIpc) is 3.02. The number of amides is 2. The van der Waals surface area contributed by atoms with Crippen molar-refractivity contribution in [1.29, 1.82) is 0 Å². The third kappa shape index (κ3) is 8.18. The molecule has 10 heteroatoms. The van der Waals surface area contributed by atoms with Crippen LogP contribution in [0.25, 0.3) is 0 Å². The van der Waals surface area contributed by atoms with Gasteiger partial charge in [0.25, 0.3) is 10.0 Å². The highest BCUT2D eigenvalue weighted by Crippen LogP contribution is 2.27. The van der Waals surface area contributed by atoms with Gasteiger partial charge >= 0.3 is 0 Å². The summed E-state index contributed by atoms with van der Waals surface area (Å²) in [5.41, 5.74) is 2.80. The Kier molecular flexibility index (Phi) is 11.0. The SMILES string of the molecule is CCOc1ccc(S(=O)(=O)N(CC(=O)N(Cc2cccc(Cl)c2)[C@H](Cc2ccccc2)C(=O)NC)c2ccc(C)cc2)cc1. The minimum atomic E-state index is -4.21. The number of carbonyl (C=O) groups excluding carboxylic acids is 2. The fourth-order valence-electron chi connectivity index (χ4n) is 4.79. The molecule has 0 aliphatic carbocycles. The van der Waals surface area contributed by atoms with Crippen molar-refractivity contribution >= 4 is 39.1 Å². The summed E-state index contributed by atoms with van der Waals surface area (Å²) in [5.74, 6) is -0.392. The molecule has 0 saturated heterocycles. The van der Waals surface area contributed by atoms with E-state index in [1.165, 1.54) is 24.1 Å². The second kappa shape index (κ2) is 14.9. The molecule has 4 aromatic rings. The first kappa shape index (κ1) is 32.6. The van der Waals surface area contributed by atoms with Gasteiger partial charge in [-0.25, -0.2) is 8.42 Å². The molecule has 8 nitrogen and oxygen atoms in total. The molecule has 230 valence electrons. The van der Waals surface area contributed by atoms with Crippen LogP contribution in [0.15, 0.2) is 108 Å². The van der Waals surface area contributed by atoms with Gasteiger partial charge in [-0.3, -0.25) is 13.9 Å². The summed E-state index contributed by atoms with van der Waals surface area (Å²) in [7, 11) is -2.70. The zero-order valence-corrected chi connectivity index (χ0v) is 26.5. The second-order valence-electron chi connectivity index (χ2n) is 10.2. The monoisotopic (exact) mass is 633 g/mol. The van der Waals surface area contributed by atoms with E-state index in [1.807, 2.05) is 50.2 Å². The topological polar surface area (TPSA) is 96.0 Å². The largest absolute Gasteiger partial charge is 0.494 e. The van der Waals surface area contributed by atoms with Crippen LogP contribution in [0.5, 0.6) is 5.75 Å². The van der Waals surface area contributed by atoms with E-state index >= 15 is 0 Å². The fourth-order valence-corrected chi connectivity index (χ4v) is 6.42. The molecule has 0 aliphatic rings. The van der Waals surface area contributed by atoms with Crippen molar-refractivity contribution in [1.82, 2.24) is 10.2 Å². The number of benzene rings is 4. The Labute approximate surface area is 264 Å². The van der Waals surface area contributed by atoms with E-state index in [9.17, 15) is 18.0 Å². The summed E-state index contributed by atoms with van der Waals surface area (Å²) in [6.07, 6.45) is 0.225. The van der Waals surface area contributed by atoms with Crippen LogP contribution in [-0.4, -0.2) is 51.4 Å². The zero-order chi connectivity index (χ0) is 31.7. The molecule has 1 N–H and O–H groups in total. The fraction of sp³-hybridized carbons (Fsp3) is 0.235. The highest BCUT2D eigenvalue weighted by Gasteiger charge is 2.34. The predicted molar refractivity (Wildman–Crippen MR) is 173 cm³/mol. The van der Waals surface area contributed by atoms with Gasteiger partial charge in [0.05, 0.1) is 17.2 Å². The molecule has 0 heterocycles. The summed E-state index contributed by atoms with van der Waals surface area (Å²) in [5, 5.41) is 3.16. The van der Waals surface area contributed by atoms with Crippen LogP contribution in [0.1, 0.15) is 23.6 Å². The number of likely N-dealkylation sites (N-methyl/N-ethyl adjacent to an activating group) is 1. The summed E-state index contributed by atoms with van der Waals surface area (Å²) in [4.78, 5) is 29.1.